The first kappa shape index (κ1) is 16.2. The van der Waals surface area contributed by atoms with Crippen LogP contribution in [-0.2, 0) is 16.0 Å². The topological polar surface area (TPSA) is 59.2 Å². The summed E-state index contributed by atoms with van der Waals surface area (Å²) in [4.78, 5) is 27.2. The third-order valence-corrected chi connectivity index (χ3v) is 4.49. The minimum atomic E-state index is -0.524. The molecule has 0 aliphatic carbocycles. The smallest absolute Gasteiger partial charge is 0.331 e. The number of fused-ring (bicyclic) bond motifs is 1. The van der Waals surface area contributed by atoms with Gasteiger partial charge in [0.25, 0.3) is 0 Å². The highest BCUT2D eigenvalue weighted by molar-refractivity contribution is 7.08. The van der Waals surface area contributed by atoms with Crippen LogP contribution < -0.4 is 0 Å². The summed E-state index contributed by atoms with van der Waals surface area (Å²) in [6.07, 6.45) is 5.57. The molecular weight excluding hydrogens is 322 g/mol. The van der Waals surface area contributed by atoms with E-state index in [-0.39, 0.29) is 12.4 Å². The summed E-state index contributed by atoms with van der Waals surface area (Å²) in [5.74, 6) is -0.740. The van der Waals surface area contributed by atoms with Crippen molar-refractivity contribution in [2.75, 3.05) is 6.61 Å². The molecule has 5 heteroatoms. The Bertz CT molecular complexity index is 891. The number of ether oxygens (including phenoxy) is 1. The molecule has 0 atom stereocenters. The van der Waals surface area contributed by atoms with Crippen LogP contribution in [0.1, 0.15) is 28.4 Å². The number of para-hydroxylation sites is 1. The molecule has 0 aliphatic rings. The lowest BCUT2D eigenvalue weighted by atomic mass is 10.1. The van der Waals surface area contributed by atoms with Crippen LogP contribution in [0.5, 0.6) is 0 Å². The van der Waals surface area contributed by atoms with Crippen molar-refractivity contribution >= 4 is 40.1 Å². The normalized spacial score (nSPS) is 11.2. The first-order valence-corrected chi connectivity index (χ1v) is 8.62. The van der Waals surface area contributed by atoms with Gasteiger partial charge in [-0.3, -0.25) is 4.79 Å². The molecule has 0 bridgehead atoms. The van der Waals surface area contributed by atoms with Crippen LogP contribution in [0.4, 0.5) is 0 Å². The molecule has 0 aliphatic heterocycles. The van der Waals surface area contributed by atoms with Crippen LogP contribution in [0.2, 0.25) is 0 Å². The minimum absolute atomic E-state index is 0.216. The number of aryl methyl sites for hydroxylation is 1. The van der Waals surface area contributed by atoms with E-state index in [2.05, 4.69) is 11.9 Å². The number of nitrogens with one attached hydrogen (secondary N) is 1. The fourth-order valence-corrected chi connectivity index (χ4v) is 3.17. The molecule has 3 aromatic rings. The lowest BCUT2D eigenvalue weighted by Gasteiger charge is -2.02. The molecule has 0 fully saturated rings. The van der Waals surface area contributed by atoms with Gasteiger partial charge in [0.2, 0.25) is 5.78 Å². The Morgan fingerprint density at radius 1 is 1.29 bits per heavy atom. The van der Waals surface area contributed by atoms with Crippen LogP contribution >= 0.6 is 11.3 Å². The van der Waals surface area contributed by atoms with Crippen molar-refractivity contribution in [2.24, 2.45) is 0 Å². The van der Waals surface area contributed by atoms with Crippen molar-refractivity contribution in [3.8, 4) is 0 Å². The molecule has 0 radical (unpaired) electrons. The number of carbonyl (C=O) groups is 2. The van der Waals surface area contributed by atoms with Crippen LogP contribution in [0.3, 0.4) is 0 Å². The second-order valence-electron chi connectivity index (χ2n) is 5.32. The number of aromatic amines is 1. The molecule has 24 heavy (non-hydrogen) atoms. The van der Waals surface area contributed by atoms with E-state index < -0.39 is 5.97 Å². The van der Waals surface area contributed by atoms with Crippen molar-refractivity contribution in [1.82, 2.24) is 4.98 Å². The van der Waals surface area contributed by atoms with Gasteiger partial charge >= 0.3 is 5.97 Å². The van der Waals surface area contributed by atoms with Gasteiger partial charge in [0, 0.05) is 28.7 Å². The summed E-state index contributed by atoms with van der Waals surface area (Å²) < 4.78 is 5.05. The molecule has 0 saturated carbocycles. The Morgan fingerprint density at radius 2 is 2.17 bits per heavy atom. The monoisotopic (exact) mass is 339 g/mol. The van der Waals surface area contributed by atoms with E-state index in [0.29, 0.717) is 5.56 Å². The van der Waals surface area contributed by atoms with Gasteiger partial charge in [-0.15, -0.1) is 0 Å². The maximum Gasteiger partial charge on any atom is 0.331 e. The van der Waals surface area contributed by atoms with Gasteiger partial charge in [0.1, 0.15) is 0 Å². The van der Waals surface area contributed by atoms with Gasteiger partial charge in [-0.1, -0.05) is 25.1 Å². The number of hydrogen-bond donors (Lipinski definition) is 1. The molecule has 2 aromatic heterocycles. The number of hydrogen-bond acceptors (Lipinski definition) is 4. The van der Waals surface area contributed by atoms with Crippen LogP contribution in [0.25, 0.3) is 17.0 Å². The molecule has 122 valence electrons. The number of esters is 1. The first-order valence-electron chi connectivity index (χ1n) is 7.68. The zero-order chi connectivity index (χ0) is 16.9. The molecule has 4 nitrogen and oxygen atoms in total. The Labute approximate surface area is 143 Å². The zero-order valence-electron chi connectivity index (χ0n) is 13.2. The molecule has 3 rings (SSSR count). The van der Waals surface area contributed by atoms with Crippen LogP contribution in [0.15, 0.2) is 47.3 Å². The predicted molar refractivity (Wildman–Crippen MR) is 96.3 cm³/mol. The highest BCUT2D eigenvalue weighted by Gasteiger charge is 2.14. The quantitative estimate of drug-likeness (QED) is 0.415. The SMILES string of the molecule is CCc1cccc2c(C(=O)COC(=O)/C=C/c3ccsc3)c[nH]c12. The maximum atomic E-state index is 12.3. The van der Waals surface area contributed by atoms with E-state index in [4.69, 9.17) is 4.74 Å². The third kappa shape index (κ3) is 3.46. The van der Waals surface area contributed by atoms with Gasteiger partial charge in [-0.05, 0) is 40.5 Å². The third-order valence-electron chi connectivity index (χ3n) is 3.78. The number of carbonyl (C=O) groups excluding carboxylic acids is 2. The van der Waals surface area contributed by atoms with E-state index in [1.165, 1.54) is 6.08 Å². The maximum absolute atomic E-state index is 12.3. The van der Waals surface area contributed by atoms with Gasteiger partial charge in [0.15, 0.2) is 6.61 Å². The number of H-pyrrole nitrogens is 1. The zero-order valence-corrected chi connectivity index (χ0v) is 14.1. The van der Waals surface area contributed by atoms with Gasteiger partial charge < -0.3 is 9.72 Å². The molecular formula is C19H17NO3S. The predicted octanol–water partition coefficient (Wildman–Crippen LogP) is 4.23. The molecule has 0 unspecified atom stereocenters. The van der Waals surface area contributed by atoms with Crippen molar-refractivity contribution in [3.63, 3.8) is 0 Å². The van der Waals surface area contributed by atoms with Crippen LogP contribution in [-0.4, -0.2) is 23.3 Å². The Hall–Kier alpha value is -2.66. The Balaban J connectivity index is 1.66. The minimum Gasteiger partial charge on any atom is -0.454 e. The number of thiophene rings is 1. The second-order valence-corrected chi connectivity index (χ2v) is 6.10. The molecule has 0 saturated heterocycles. The average Bonchev–Trinajstić information content (AvgIpc) is 3.26. The fraction of sp³-hybridized carbons (Fsp3) is 0.158. The number of benzene rings is 1. The summed E-state index contributed by atoms with van der Waals surface area (Å²) in [6, 6.07) is 7.76. The summed E-state index contributed by atoms with van der Waals surface area (Å²) in [7, 11) is 0. The highest BCUT2D eigenvalue weighted by Crippen LogP contribution is 2.22. The van der Waals surface area contributed by atoms with Gasteiger partial charge in [-0.25, -0.2) is 4.79 Å². The summed E-state index contributed by atoms with van der Waals surface area (Å²) in [6.45, 7) is 1.80. The van der Waals surface area contributed by atoms with E-state index in [1.54, 1.807) is 23.6 Å². The summed E-state index contributed by atoms with van der Waals surface area (Å²) in [5, 5.41) is 4.71. The number of rotatable bonds is 6. The Morgan fingerprint density at radius 3 is 2.92 bits per heavy atom. The highest BCUT2D eigenvalue weighted by atomic mass is 32.1. The molecule has 1 aromatic carbocycles. The Kier molecular flexibility index (Phi) is 4.91. The van der Waals surface area contributed by atoms with E-state index in [9.17, 15) is 9.59 Å². The lowest BCUT2D eigenvalue weighted by molar-refractivity contribution is -0.136. The second kappa shape index (κ2) is 7.27. The molecule has 2 heterocycles. The van der Waals surface area contributed by atoms with Crippen LogP contribution in [0, 0.1) is 0 Å². The van der Waals surface area contributed by atoms with Crippen molar-refractivity contribution < 1.29 is 14.3 Å². The van der Waals surface area contributed by atoms with Gasteiger partial charge in [-0.2, -0.15) is 11.3 Å². The van der Waals surface area contributed by atoms with E-state index >= 15 is 0 Å². The summed E-state index contributed by atoms with van der Waals surface area (Å²) >= 11 is 1.55. The van der Waals surface area contributed by atoms with E-state index in [1.807, 2.05) is 35.0 Å². The number of Topliss-reactive ketones (excluding diaryl/α,β-unsaturated/α-hetero) is 1. The number of ketones is 1. The first-order chi connectivity index (χ1) is 11.7. The van der Waals surface area contributed by atoms with Crippen molar-refractivity contribution in [1.29, 1.82) is 0 Å². The van der Waals surface area contributed by atoms with E-state index in [0.717, 1.165) is 28.5 Å². The number of aromatic nitrogens is 1. The van der Waals surface area contributed by atoms with Crippen molar-refractivity contribution in [2.45, 2.75) is 13.3 Å². The van der Waals surface area contributed by atoms with Crippen molar-refractivity contribution in [3.05, 3.63) is 64.0 Å². The molecule has 0 amide bonds. The molecule has 1 N–H and O–H groups in total. The summed E-state index contributed by atoms with van der Waals surface area (Å²) in [5.41, 5.74) is 3.61. The molecule has 0 spiro atoms. The van der Waals surface area contributed by atoms with Gasteiger partial charge in [0.05, 0.1) is 0 Å². The largest absolute Gasteiger partial charge is 0.454 e. The standard InChI is InChI=1S/C19H17NO3S/c1-2-14-4-3-5-15-16(10-20-19(14)15)17(21)11-23-18(22)7-6-13-8-9-24-12-13/h3-10,12,20H,2,11H2,1H3/b7-6+. The fourth-order valence-electron chi connectivity index (χ4n) is 2.54. The average molecular weight is 339 g/mol. The lowest BCUT2D eigenvalue weighted by Crippen LogP contribution is -2.12.